The normalized spacial score (nSPS) is 22.1. The van der Waals surface area contributed by atoms with E-state index in [-0.39, 0.29) is 0 Å². The molecule has 0 unspecified atom stereocenters. The van der Waals surface area contributed by atoms with Crippen LogP contribution in [0.1, 0.15) is 61.7 Å². The van der Waals surface area contributed by atoms with Gasteiger partial charge in [0.2, 0.25) is 0 Å². The van der Waals surface area contributed by atoms with E-state index < -0.39 is 11.4 Å². The topological polar surface area (TPSA) is 63.1 Å². The molecule has 4 heteroatoms. The van der Waals surface area contributed by atoms with Crippen LogP contribution >= 0.6 is 0 Å². The lowest BCUT2D eigenvalue weighted by Gasteiger charge is -2.37. The Labute approximate surface area is 106 Å². The number of hydrogen-bond donors (Lipinski definition) is 1. The fourth-order valence-electron chi connectivity index (χ4n) is 2.78. The third-order valence-corrected chi connectivity index (χ3v) is 4.44. The number of aromatic nitrogens is 2. The van der Waals surface area contributed by atoms with E-state index >= 15 is 0 Å². The van der Waals surface area contributed by atoms with E-state index in [4.69, 9.17) is 0 Å². The van der Waals surface area contributed by atoms with Crippen molar-refractivity contribution in [3.63, 3.8) is 0 Å². The highest BCUT2D eigenvalue weighted by Crippen LogP contribution is 2.43. The average Bonchev–Trinajstić information content (AvgIpc) is 2.10. The zero-order chi connectivity index (χ0) is 12.8. The van der Waals surface area contributed by atoms with Crippen molar-refractivity contribution in [3.8, 4) is 0 Å². The average molecular weight is 246 g/mol. The lowest BCUT2D eigenvalue weighted by atomic mass is 9.68. The molecule has 0 radical (unpaired) electrons. The SMILES string of the molecule is Cc1cc(C2CCC2)nc(C2(C(=O)O)CCC2)n1. The van der Waals surface area contributed by atoms with Gasteiger partial charge in [-0.3, -0.25) is 4.79 Å². The molecule has 3 rings (SSSR count). The Morgan fingerprint density at radius 3 is 2.50 bits per heavy atom. The van der Waals surface area contributed by atoms with E-state index in [2.05, 4.69) is 9.97 Å². The smallest absolute Gasteiger partial charge is 0.317 e. The highest BCUT2D eigenvalue weighted by molar-refractivity contribution is 5.81. The summed E-state index contributed by atoms with van der Waals surface area (Å²) in [6.45, 7) is 1.93. The largest absolute Gasteiger partial charge is 0.480 e. The van der Waals surface area contributed by atoms with Crippen LogP contribution in [0.15, 0.2) is 6.07 Å². The molecule has 4 nitrogen and oxygen atoms in total. The molecule has 0 aliphatic heterocycles. The summed E-state index contributed by atoms with van der Waals surface area (Å²) in [6.07, 6.45) is 5.92. The zero-order valence-electron chi connectivity index (χ0n) is 10.6. The van der Waals surface area contributed by atoms with Gasteiger partial charge in [0.05, 0.1) is 0 Å². The zero-order valence-corrected chi connectivity index (χ0v) is 10.6. The Bertz CT molecular complexity index is 491. The predicted molar refractivity (Wildman–Crippen MR) is 66.5 cm³/mol. The molecule has 1 aromatic heterocycles. The van der Waals surface area contributed by atoms with Crippen molar-refractivity contribution in [2.75, 3.05) is 0 Å². The van der Waals surface area contributed by atoms with Crippen LogP contribution in [0.25, 0.3) is 0 Å². The third-order valence-electron chi connectivity index (χ3n) is 4.44. The van der Waals surface area contributed by atoms with Crippen molar-refractivity contribution >= 4 is 5.97 Å². The number of nitrogens with zero attached hydrogens (tertiary/aromatic N) is 2. The van der Waals surface area contributed by atoms with Crippen LogP contribution in [0.2, 0.25) is 0 Å². The summed E-state index contributed by atoms with van der Waals surface area (Å²) < 4.78 is 0. The number of hydrogen-bond acceptors (Lipinski definition) is 3. The van der Waals surface area contributed by atoms with Gasteiger partial charge in [0.25, 0.3) is 0 Å². The predicted octanol–water partition coefficient (Wildman–Crippen LogP) is 2.56. The molecule has 0 atom stereocenters. The van der Waals surface area contributed by atoms with Crippen LogP contribution in [0.5, 0.6) is 0 Å². The van der Waals surface area contributed by atoms with Crippen molar-refractivity contribution in [2.24, 2.45) is 0 Å². The molecular formula is C14H18N2O2. The van der Waals surface area contributed by atoms with Gasteiger partial charge in [-0.1, -0.05) is 12.8 Å². The number of aliphatic carboxylic acids is 1. The van der Waals surface area contributed by atoms with Gasteiger partial charge in [-0.05, 0) is 38.7 Å². The van der Waals surface area contributed by atoms with Gasteiger partial charge in [0.15, 0.2) is 0 Å². The minimum Gasteiger partial charge on any atom is -0.480 e. The first-order valence-corrected chi connectivity index (χ1v) is 6.71. The first-order chi connectivity index (χ1) is 8.62. The van der Waals surface area contributed by atoms with E-state index in [1.54, 1.807) is 0 Å². The molecule has 18 heavy (non-hydrogen) atoms. The number of carboxylic acid groups (broad SMARTS) is 1. The first-order valence-electron chi connectivity index (χ1n) is 6.71. The Morgan fingerprint density at radius 2 is 2.06 bits per heavy atom. The molecule has 1 aromatic rings. The second kappa shape index (κ2) is 4.04. The van der Waals surface area contributed by atoms with Crippen molar-refractivity contribution in [1.29, 1.82) is 0 Å². The van der Waals surface area contributed by atoms with Crippen LogP contribution in [0, 0.1) is 6.92 Å². The molecular weight excluding hydrogens is 228 g/mol. The van der Waals surface area contributed by atoms with Gasteiger partial charge in [0.1, 0.15) is 11.2 Å². The number of carbonyl (C=O) groups is 1. The first kappa shape index (κ1) is 11.6. The second-order valence-corrected chi connectivity index (χ2v) is 5.63. The van der Waals surface area contributed by atoms with E-state index in [1.807, 2.05) is 13.0 Å². The van der Waals surface area contributed by atoms with Crippen LogP contribution < -0.4 is 0 Å². The minimum atomic E-state index is -0.801. The molecule has 2 aliphatic carbocycles. The summed E-state index contributed by atoms with van der Waals surface area (Å²) in [7, 11) is 0. The Morgan fingerprint density at radius 1 is 1.33 bits per heavy atom. The van der Waals surface area contributed by atoms with E-state index in [1.165, 1.54) is 19.3 Å². The minimum absolute atomic E-state index is 0.524. The van der Waals surface area contributed by atoms with Crippen LogP contribution in [0.4, 0.5) is 0 Å². The van der Waals surface area contributed by atoms with Crippen LogP contribution in [-0.2, 0) is 10.2 Å². The molecule has 0 spiro atoms. The summed E-state index contributed by atoms with van der Waals surface area (Å²) in [5.41, 5.74) is 1.15. The van der Waals surface area contributed by atoms with Crippen molar-refractivity contribution < 1.29 is 9.90 Å². The highest BCUT2D eigenvalue weighted by Gasteiger charge is 2.49. The molecule has 2 fully saturated rings. The molecule has 2 aliphatic rings. The maximum Gasteiger partial charge on any atom is 0.317 e. The van der Waals surface area contributed by atoms with E-state index in [0.717, 1.165) is 17.8 Å². The van der Waals surface area contributed by atoms with Crippen LogP contribution in [0.3, 0.4) is 0 Å². The number of aryl methyl sites for hydroxylation is 1. The molecule has 1 N–H and O–H groups in total. The molecule has 0 amide bonds. The van der Waals surface area contributed by atoms with Gasteiger partial charge in [-0.25, -0.2) is 9.97 Å². The Hall–Kier alpha value is -1.45. The lowest BCUT2D eigenvalue weighted by Crippen LogP contribution is -2.44. The standard InChI is InChI=1S/C14H18N2O2/c1-9-8-11(10-4-2-5-10)16-12(15-9)14(13(17)18)6-3-7-14/h8,10H,2-7H2,1H3,(H,17,18). The quantitative estimate of drug-likeness (QED) is 0.890. The summed E-state index contributed by atoms with van der Waals surface area (Å²) in [6, 6.07) is 2.02. The van der Waals surface area contributed by atoms with Crippen molar-refractivity contribution in [1.82, 2.24) is 9.97 Å². The summed E-state index contributed by atoms with van der Waals surface area (Å²) >= 11 is 0. The van der Waals surface area contributed by atoms with Crippen molar-refractivity contribution in [3.05, 3.63) is 23.3 Å². The van der Waals surface area contributed by atoms with Gasteiger partial charge < -0.3 is 5.11 Å². The maximum absolute atomic E-state index is 11.5. The molecule has 2 saturated carbocycles. The van der Waals surface area contributed by atoms with Gasteiger partial charge >= 0.3 is 5.97 Å². The van der Waals surface area contributed by atoms with Crippen molar-refractivity contribution in [2.45, 2.75) is 56.8 Å². The molecule has 1 heterocycles. The van der Waals surface area contributed by atoms with Crippen LogP contribution in [-0.4, -0.2) is 21.0 Å². The summed E-state index contributed by atoms with van der Waals surface area (Å²) in [4.78, 5) is 20.5. The molecule has 0 bridgehead atoms. The second-order valence-electron chi connectivity index (χ2n) is 5.63. The molecule has 0 aromatic carbocycles. The Balaban J connectivity index is 2.00. The maximum atomic E-state index is 11.5. The van der Waals surface area contributed by atoms with Gasteiger partial charge in [0, 0.05) is 17.3 Å². The number of carboxylic acids is 1. The van der Waals surface area contributed by atoms with E-state index in [9.17, 15) is 9.90 Å². The van der Waals surface area contributed by atoms with Gasteiger partial charge in [-0.2, -0.15) is 0 Å². The highest BCUT2D eigenvalue weighted by atomic mass is 16.4. The molecule has 0 saturated heterocycles. The summed E-state index contributed by atoms with van der Waals surface area (Å²) in [5, 5.41) is 9.45. The fourth-order valence-corrected chi connectivity index (χ4v) is 2.78. The van der Waals surface area contributed by atoms with Gasteiger partial charge in [-0.15, -0.1) is 0 Å². The Kier molecular flexibility index (Phi) is 2.61. The third kappa shape index (κ3) is 1.62. The van der Waals surface area contributed by atoms with E-state index in [0.29, 0.717) is 24.6 Å². The fraction of sp³-hybridized carbons (Fsp3) is 0.643. The lowest BCUT2D eigenvalue weighted by molar-refractivity contribution is -0.147. The summed E-state index contributed by atoms with van der Waals surface area (Å²) in [5.74, 6) is 0.304. The number of rotatable bonds is 3. The molecule has 96 valence electrons. The monoisotopic (exact) mass is 246 g/mol.